The van der Waals surface area contributed by atoms with Gasteiger partial charge in [0.05, 0.1) is 0 Å². The zero-order chi connectivity index (χ0) is 17.2. The third-order valence-corrected chi connectivity index (χ3v) is 4.29. The zero-order valence-corrected chi connectivity index (χ0v) is 15.0. The van der Waals surface area contributed by atoms with Crippen LogP contribution in [-0.4, -0.2) is 36.9 Å². The van der Waals surface area contributed by atoms with Crippen molar-refractivity contribution in [2.75, 3.05) is 20.1 Å². The molecule has 0 saturated carbocycles. The molecule has 0 aromatic heterocycles. The first kappa shape index (κ1) is 18.3. The van der Waals surface area contributed by atoms with E-state index in [-0.39, 0.29) is 5.91 Å². The van der Waals surface area contributed by atoms with Gasteiger partial charge in [-0.1, -0.05) is 44.0 Å². The fourth-order valence-corrected chi connectivity index (χ4v) is 2.92. The lowest BCUT2D eigenvalue weighted by molar-refractivity contribution is -0.128. The van der Waals surface area contributed by atoms with Crippen LogP contribution in [0.25, 0.3) is 0 Å². The van der Waals surface area contributed by atoms with Crippen molar-refractivity contribution < 1.29 is 4.79 Å². The molecular weight excluding hydrogens is 300 g/mol. The van der Waals surface area contributed by atoms with Crippen LogP contribution in [-0.2, 0) is 17.9 Å². The van der Waals surface area contributed by atoms with Crippen LogP contribution < -0.4 is 10.6 Å². The monoisotopic (exact) mass is 330 g/mol. The van der Waals surface area contributed by atoms with Gasteiger partial charge in [0.2, 0.25) is 5.91 Å². The average molecular weight is 330 g/mol. The van der Waals surface area contributed by atoms with Gasteiger partial charge in [-0.15, -0.1) is 0 Å². The Hall–Kier alpha value is -2.04. The van der Waals surface area contributed by atoms with E-state index in [9.17, 15) is 4.79 Å². The standard InChI is InChI=1S/C19H30N4O/c1-3-4-5-11-21-19(20-2)22-14-16-8-6-9-17(13-16)15-23-12-7-10-18(23)24/h6,8-9,13H,3-5,7,10-12,14-15H2,1-2H3,(H2,20,21,22). The van der Waals surface area contributed by atoms with Gasteiger partial charge in [-0.05, 0) is 24.0 Å². The van der Waals surface area contributed by atoms with E-state index in [1.807, 2.05) is 4.90 Å². The topological polar surface area (TPSA) is 56.7 Å². The summed E-state index contributed by atoms with van der Waals surface area (Å²) in [7, 11) is 1.80. The number of hydrogen-bond donors (Lipinski definition) is 2. The van der Waals surface area contributed by atoms with E-state index in [0.717, 1.165) is 45.0 Å². The van der Waals surface area contributed by atoms with Gasteiger partial charge in [0.1, 0.15) is 0 Å². The summed E-state index contributed by atoms with van der Waals surface area (Å²) in [6.07, 6.45) is 5.30. The molecular formula is C19H30N4O. The molecule has 132 valence electrons. The predicted octanol–water partition coefficient (Wildman–Crippen LogP) is 2.66. The van der Waals surface area contributed by atoms with Crippen LogP contribution in [0.1, 0.15) is 50.2 Å². The summed E-state index contributed by atoms with van der Waals surface area (Å²) in [5, 5.41) is 6.69. The van der Waals surface area contributed by atoms with E-state index < -0.39 is 0 Å². The molecule has 0 unspecified atom stereocenters. The number of carbonyl (C=O) groups excluding carboxylic acids is 1. The minimum atomic E-state index is 0.273. The smallest absolute Gasteiger partial charge is 0.222 e. The molecule has 0 radical (unpaired) electrons. The Balaban J connectivity index is 1.81. The Morgan fingerprint density at radius 1 is 1.25 bits per heavy atom. The van der Waals surface area contributed by atoms with E-state index >= 15 is 0 Å². The van der Waals surface area contributed by atoms with Crippen molar-refractivity contribution in [3.05, 3.63) is 35.4 Å². The molecule has 1 heterocycles. The van der Waals surface area contributed by atoms with Crippen LogP contribution >= 0.6 is 0 Å². The number of aliphatic imine (C=N–C) groups is 1. The Morgan fingerprint density at radius 2 is 2.08 bits per heavy atom. The minimum Gasteiger partial charge on any atom is -0.356 e. The molecule has 5 heteroatoms. The van der Waals surface area contributed by atoms with E-state index in [4.69, 9.17) is 0 Å². The van der Waals surface area contributed by atoms with E-state index in [0.29, 0.717) is 6.42 Å². The molecule has 0 bridgehead atoms. The first-order valence-electron chi connectivity index (χ1n) is 9.03. The maximum absolute atomic E-state index is 11.8. The van der Waals surface area contributed by atoms with Crippen LogP contribution in [0.3, 0.4) is 0 Å². The molecule has 1 amide bonds. The van der Waals surface area contributed by atoms with Gasteiger partial charge in [-0.2, -0.15) is 0 Å². The molecule has 0 aliphatic carbocycles. The van der Waals surface area contributed by atoms with Crippen LogP contribution in [0.5, 0.6) is 0 Å². The molecule has 1 aliphatic heterocycles. The second-order valence-electron chi connectivity index (χ2n) is 6.30. The molecule has 1 fully saturated rings. The quantitative estimate of drug-likeness (QED) is 0.438. The average Bonchev–Trinajstić information content (AvgIpc) is 2.99. The van der Waals surface area contributed by atoms with Crippen LogP contribution in [0.4, 0.5) is 0 Å². The van der Waals surface area contributed by atoms with Gasteiger partial charge in [0.25, 0.3) is 0 Å². The van der Waals surface area contributed by atoms with E-state index in [1.165, 1.54) is 24.0 Å². The lowest BCUT2D eigenvalue weighted by Gasteiger charge is -2.16. The number of guanidine groups is 1. The highest BCUT2D eigenvalue weighted by Gasteiger charge is 2.19. The van der Waals surface area contributed by atoms with Crippen LogP contribution in [0, 0.1) is 0 Å². The van der Waals surface area contributed by atoms with Crippen molar-refractivity contribution in [3.63, 3.8) is 0 Å². The van der Waals surface area contributed by atoms with E-state index in [2.05, 4.69) is 46.8 Å². The third kappa shape index (κ3) is 5.87. The van der Waals surface area contributed by atoms with E-state index in [1.54, 1.807) is 7.05 Å². The normalized spacial score (nSPS) is 15.0. The molecule has 0 atom stereocenters. The highest BCUT2D eigenvalue weighted by Crippen LogP contribution is 2.15. The Morgan fingerprint density at radius 3 is 2.79 bits per heavy atom. The zero-order valence-electron chi connectivity index (χ0n) is 15.0. The number of hydrogen-bond acceptors (Lipinski definition) is 2. The number of benzene rings is 1. The Kier molecular flexibility index (Phi) is 7.59. The molecule has 0 spiro atoms. The predicted molar refractivity (Wildman–Crippen MR) is 98.8 cm³/mol. The number of rotatable bonds is 8. The highest BCUT2D eigenvalue weighted by molar-refractivity contribution is 5.79. The Bertz CT molecular complexity index is 556. The van der Waals surface area contributed by atoms with Gasteiger partial charge >= 0.3 is 0 Å². The number of amides is 1. The summed E-state index contributed by atoms with van der Waals surface area (Å²) in [6, 6.07) is 8.42. The van der Waals surface area contributed by atoms with Crippen molar-refractivity contribution in [2.45, 2.75) is 52.1 Å². The van der Waals surface area contributed by atoms with Crippen LogP contribution in [0.2, 0.25) is 0 Å². The van der Waals surface area contributed by atoms with Crippen molar-refractivity contribution in [3.8, 4) is 0 Å². The lowest BCUT2D eigenvalue weighted by atomic mass is 10.1. The summed E-state index contributed by atoms with van der Waals surface area (Å²) in [6.45, 7) is 5.49. The summed E-state index contributed by atoms with van der Waals surface area (Å²) >= 11 is 0. The molecule has 1 saturated heterocycles. The van der Waals surface area contributed by atoms with Crippen LogP contribution in [0.15, 0.2) is 29.3 Å². The van der Waals surface area contributed by atoms with Gasteiger partial charge in [0.15, 0.2) is 5.96 Å². The minimum absolute atomic E-state index is 0.273. The number of carbonyl (C=O) groups is 1. The second kappa shape index (κ2) is 9.96. The van der Waals surface area contributed by atoms with Crippen molar-refractivity contribution >= 4 is 11.9 Å². The van der Waals surface area contributed by atoms with Gasteiger partial charge in [0, 0.05) is 39.6 Å². The van der Waals surface area contributed by atoms with Crippen molar-refractivity contribution in [2.24, 2.45) is 4.99 Å². The SMILES string of the molecule is CCCCCNC(=NC)NCc1cccc(CN2CCCC2=O)c1. The van der Waals surface area contributed by atoms with Gasteiger partial charge in [-0.25, -0.2) is 0 Å². The molecule has 5 nitrogen and oxygen atoms in total. The first-order chi connectivity index (χ1) is 11.7. The number of likely N-dealkylation sites (tertiary alicyclic amines) is 1. The maximum Gasteiger partial charge on any atom is 0.222 e. The number of nitrogens with one attached hydrogen (secondary N) is 2. The largest absolute Gasteiger partial charge is 0.356 e. The Labute approximate surface area is 145 Å². The third-order valence-electron chi connectivity index (χ3n) is 4.29. The highest BCUT2D eigenvalue weighted by atomic mass is 16.2. The first-order valence-corrected chi connectivity index (χ1v) is 9.03. The number of unbranched alkanes of at least 4 members (excludes halogenated alkanes) is 2. The second-order valence-corrected chi connectivity index (χ2v) is 6.30. The molecule has 2 rings (SSSR count). The summed E-state index contributed by atoms with van der Waals surface area (Å²) in [4.78, 5) is 18.0. The molecule has 24 heavy (non-hydrogen) atoms. The van der Waals surface area contributed by atoms with Crippen molar-refractivity contribution in [1.82, 2.24) is 15.5 Å². The molecule has 2 N–H and O–H groups in total. The fraction of sp³-hybridized carbons (Fsp3) is 0.579. The molecule has 1 aromatic carbocycles. The van der Waals surface area contributed by atoms with Gasteiger partial charge < -0.3 is 15.5 Å². The molecule has 1 aromatic rings. The number of nitrogens with zero attached hydrogens (tertiary/aromatic N) is 2. The fourth-order valence-electron chi connectivity index (χ4n) is 2.92. The molecule has 1 aliphatic rings. The van der Waals surface area contributed by atoms with Crippen molar-refractivity contribution in [1.29, 1.82) is 0 Å². The van der Waals surface area contributed by atoms with Gasteiger partial charge in [-0.3, -0.25) is 9.79 Å². The lowest BCUT2D eigenvalue weighted by Crippen LogP contribution is -2.37. The summed E-state index contributed by atoms with van der Waals surface area (Å²) in [5.74, 6) is 1.11. The summed E-state index contributed by atoms with van der Waals surface area (Å²) < 4.78 is 0. The maximum atomic E-state index is 11.8. The summed E-state index contributed by atoms with van der Waals surface area (Å²) in [5.41, 5.74) is 2.39.